The zero-order valence-electron chi connectivity index (χ0n) is 19.5. The molecule has 2 aromatic heterocycles. The number of aryl methyl sites for hydroxylation is 1. The summed E-state index contributed by atoms with van der Waals surface area (Å²) >= 11 is 1.28. The predicted octanol–water partition coefficient (Wildman–Crippen LogP) is 3.90. The Morgan fingerprint density at radius 2 is 1.77 bits per heavy atom. The van der Waals surface area contributed by atoms with Gasteiger partial charge in [0.05, 0.1) is 26.2 Å². The molecule has 0 radical (unpaired) electrons. The minimum absolute atomic E-state index is 0.115. The van der Waals surface area contributed by atoms with Gasteiger partial charge in [0.25, 0.3) is 5.91 Å². The third-order valence-electron chi connectivity index (χ3n) is 5.01. The maximum absolute atomic E-state index is 12.4. The summed E-state index contributed by atoms with van der Waals surface area (Å²) < 4.78 is 12.4. The Morgan fingerprint density at radius 3 is 2.49 bits per heavy atom. The summed E-state index contributed by atoms with van der Waals surface area (Å²) in [5, 5.41) is 13.4. The van der Waals surface area contributed by atoms with Crippen molar-refractivity contribution in [2.75, 3.05) is 20.0 Å². The Hall–Kier alpha value is -4.18. The lowest BCUT2D eigenvalue weighted by Crippen LogP contribution is -2.20. The van der Waals surface area contributed by atoms with Crippen molar-refractivity contribution in [1.82, 2.24) is 25.2 Å². The van der Waals surface area contributed by atoms with Crippen LogP contribution in [-0.2, 0) is 4.79 Å². The van der Waals surface area contributed by atoms with Crippen molar-refractivity contribution in [2.24, 2.45) is 5.10 Å². The quantitative estimate of drug-likeness (QED) is 0.216. The SMILES string of the molecule is COc1ccc(/C=N/NC(=O)CSc2nnc(-c3ccncc3)n2-c2ccc(C)cc2)cc1OC. The standard InChI is InChI=1S/C25H24N6O3S/c1-17-4-7-20(8-5-17)31-24(19-10-12-26-13-11-19)29-30-25(31)35-16-23(32)28-27-15-18-6-9-21(33-2)22(14-18)34-3/h4-15H,16H2,1-3H3,(H,28,32)/b27-15+. The van der Waals surface area contributed by atoms with Crippen LogP contribution in [-0.4, -0.2) is 51.8 Å². The Kier molecular flexibility index (Phi) is 7.74. The van der Waals surface area contributed by atoms with Crippen LogP contribution in [0.5, 0.6) is 11.5 Å². The minimum Gasteiger partial charge on any atom is -0.493 e. The van der Waals surface area contributed by atoms with Crippen LogP contribution in [0.1, 0.15) is 11.1 Å². The molecular formula is C25H24N6O3S. The first-order chi connectivity index (χ1) is 17.1. The van der Waals surface area contributed by atoms with E-state index < -0.39 is 0 Å². The Labute approximate surface area is 207 Å². The van der Waals surface area contributed by atoms with Gasteiger partial charge in [-0.1, -0.05) is 29.5 Å². The fourth-order valence-corrected chi connectivity index (χ4v) is 4.00. The molecule has 2 heterocycles. The second-order valence-corrected chi connectivity index (χ2v) is 8.35. The summed E-state index contributed by atoms with van der Waals surface area (Å²) in [5.41, 5.74) is 6.23. The molecule has 1 amide bonds. The molecule has 0 saturated carbocycles. The first kappa shape index (κ1) is 24.0. The summed E-state index contributed by atoms with van der Waals surface area (Å²) in [4.78, 5) is 16.5. The molecule has 0 spiro atoms. The van der Waals surface area contributed by atoms with Crippen LogP contribution in [0.25, 0.3) is 17.1 Å². The molecule has 2 aromatic carbocycles. The topological polar surface area (TPSA) is 104 Å². The number of methoxy groups -OCH3 is 2. The van der Waals surface area contributed by atoms with Crippen molar-refractivity contribution >= 4 is 23.9 Å². The second kappa shape index (κ2) is 11.3. The van der Waals surface area contributed by atoms with Crippen LogP contribution in [0, 0.1) is 6.92 Å². The smallest absolute Gasteiger partial charge is 0.250 e. The highest BCUT2D eigenvalue weighted by Crippen LogP contribution is 2.28. The number of carbonyl (C=O) groups is 1. The van der Waals surface area contributed by atoms with E-state index in [1.807, 2.05) is 54.0 Å². The predicted molar refractivity (Wildman–Crippen MR) is 135 cm³/mol. The zero-order chi connectivity index (χ0) is 24.6. The van der Waals surface area contributed by atoms with Gasteiger partial charge < -0.3 is 9.47 Å². The van der Waals surface area contributed by atoms with Gasteiger partial charge in [-0.3, -0.25) is 14.3 Å². The summed E-state index contributed by atoms with van der Waals surface area (Å²) in [5.74, 6) is 1.72. The third kappa shape index (κ3) is 5.85. The van der Waals surface area contributed by atoms with Crippen molar-refractivity contribution in [3.63, 3.8) is 0 Å². The highest BCUT2D eigenvalue weighted by Gasteiger charge is 2.17. The first-order valence-corrected chi connectivity index (χ1v) is 11.7. The number of rotatable bonds is 9. The van der Waals surface area contributed by atoms with E-state index in [4.69, 9.17) is 9.47 Å². The third-order valence-corrected chi connectivity index (χ3v) is 5.94. The lowest BCUT2D eigenvalue weighted by Gasteiger charge is -2.10. The number of carbonyl (C=O) groups excluding carboxylic acids is 1. The van der Waals surface area contributed by atoms with Crippen molar-refractivity contribution in [1.29, 1.82) is 0 Å². The molecule has 4 aromatic rings. The minimum atomic E-state index is -0.268. The van der Waals surface area contributed by atoms with E-state index in [2.05, 4.69) is 25.7 Å². The molecule has 178 valence electrons. The van der Waals surface area contributed by atoms with E-state index in [1.165, 1.54) is 11.8 Å². The number of hydrogen-bond donors (Lipinski definition) is 1. The number of hydrazone groups is 1. The number of hydrogen-bond acceptors (Lipinski definition) is 8. The lowest BCUT2D eigenvalue weighted by atomic mass is 10.2. The molecular weight excluding hydrogens is 464 g/mol. The lowest BCUT2D eigenvalue weighted by molar-refractivity contribution is -0.118. The van der Waals surface area contributed by atoms with Gasteiger partial charge in [0.2, 0.25) is 0 Å². The summed E-state index contributed by atoms with van der Waals surface area (Å²) in [6.45, 7) is 2.03. The average molecular weight is 489 g/mol. The van der Waals surface area contributed by atoms with Crippen LogP contribution in [0.15, 0.2) is 77.2 Å². The summed E-state index contributed by atoms with van der Waals surface area (Å²) in [6, 6.07) is 17.2. The number of aromatic nitrogens is 4. The fraction of sp³-hybridized carbons (Fsp3) is 0.160. The van der Waals surface area contributed by atoms with Crippen LogP contribution in [0.4, 0.5) is 0 Å². The van der Waals surface area contributed by atoms with Gasteiger partial charge in [0.1, 0.15) is 0 Å². The van der Waals surface area contributed by atoms with E-state index in [0.717, 1.165) is 22.4 Å². The Balaban J connectivity index is 1.46. The molecule has 4 rings (SSSR count). The van der Waals surface area contributed by atoms with Crippen molar-refractivity contribution in [3.05, 3.63) is 78.1 Å². The highest BCUT2D eigenvalue weighted by molar-refractivity contribution is 7.99. The van der Waals surface area contributed by atoms with Gasteiger partial charge in [0.15, 0.2) is 22.5 Å². The number of ether oxygens (including phenoxy) is 2. The molecule has 0 aliphatic heterocycles. The van der Waals surface area contributed by atoms with E-state index in [9.17, 15) is 4.79 Å². The first-order valence-electron chi connectivity index (χ1n) is 10.7. The molecule has 0 aliphatic carbocycles. The summed E-state index contributed by atoms with van der Waals surface area (Å²) in [6.07, 6.45) is 4.96. The number of thioether (sulfide) groups is 1. The van der Waals surface area contributed by atoms with Crippen LogP contribution < -0.4 is 14.9 Å². The second-order valence-electron chi connectivity index (χ2n) is 7.41. The normalized spacial score (nSPS) is 10.9. The van der Waals surface area contributed by atoms with Gasteiger partial charge in [-0.15, -0.1) is 10.2 Å². The zero-order valence-corrected chi connectivity index (χ0v) is 20.3. The molecule has 10 heteroatoms. The molecule has 0 saturated heterocycles. The fourth-order valence-electron chi connectivity index (χ4n) is 3.25. The molecule has 0 atom stereocenters. The van der Waals surface area contributed by atoms with E-state index >= 15 is 0 Å². The van der Waals surface area contributed by atoms with Gasteiger partial charge in [0, 0.05) is 23.6 Å². The number of nitrogens with zero attached hydrogens (tertiary/aromatic N) is 5. The number of pyridine rings is 1. The van der Waals surface area contributed by atoms with Gasteiger partial charge in [-0.05, 0) is 55.0 Å². The summed E-state index contributed by atoms with van der Waals surface area (Å²) in [7, 11) is 3.14. The van der Waals surface area contributed by atoms with Gasteiger partial charge in [-0.25, -0.2) is 5.43 Å². The van der Waals surface area contributed by atoms with Gasteiger partial charge in [-0.2, -0.15) is 5.10 Å². The van der Waals surface area contributed by atoms with Crippen LogP contribution in [0.2, 0.25) is 0 Å². The van der Waals surface area contributed by atoms with Crippen LogP contribution in [0.3, 0.4) is 0 Å². The van der Waals surface area contributed by atoms with Gasteiger partial charge >= 0.3 is 0 Å². The molecule has 0 bridgehead atoms. The largest absolute Gasteiger partial charge is 0.493 e. The molecule has 1 N–H and O–H groups in total. The number of benzene rings is 2. The van der Waals surface area contributed by atoms with E-state index in [0.29, 0.717) is 22.5 Å². The molecule has 9 nitrogen and oxygen atoms in total. The monoisotopic (exact) mass is 488 g/mol. The van der Waals surface area contributed by atoms with Crippen molar-refractivity contribution < 1.29 is 14.3 Å². The van der Waals surface area contributed by atoms with E-state index in [1.54, 1.807) is 45.0 Å². The molecule has 0 aliphatic rings. The number of amides is 1. The maximum atomic E-state index is 12.4. The van der Waals surface area contributed by atoms with E-state index in [-0.39, 0.29) is 11.7 Å². The molecule has 0 fully saturated rings. The Morgan fingerprint density at radius 1 is 1.03 bits per heavy atom. The number of nitrogens with one attached hydrogen (secondary N) is 1. The van der Waals surface area contributed by atoms with Crippen molar-refractivity contribution in [2.45, 2.75) is 12.1 Å². The highest BCUT2D eigenvalue weighted by atomic mass is 32.2. The van der Waals surface area contributed by atoms with Crippen LogP contribution >= 0.6 is 11.8 Å². The van der Waals surface area contributed by atoms with Crippen molar-refractivity contribution in [3.8, 4) is 28.6 Å². The molecule has 35 heavy (non-hydrogen) atoms. The Bertz CT molecular complexity index is 1320. The maximum Gasteiger partial charge on any atom is 0.250 e. The molecule has 0 unspecified atom stereocenters. The average Bonchev–Trinajstić information content (AvgIpc) is 3.32.